The van der Waals surface area contributed by atoms with Gasteiger partial charge in [-0.2, -0.15) is 27.4 Å². The fourth-order valence-electron chi connectivity index (χ4n) is 6.95. The number of sulfonamides is 2. The average molecular weight is 1060 g/mol. The van der Waals surface area contributed by atoms with Crippen LogP contribution in [0.3, 0.4) is 0 Å². The summed E-state index contributed by atoms with van der Waals surface area (Å²) in [5, 5.41) is 32.0. The van der Waals surface area contributed by atoms with Crippen molar-refractivity contribution in [1.29, 1.82) is 10.5 Å². The molecule has 0 spiro atoms. The molecule has 0 saturated carbocycles. The number of hydrogen-bond acceptors (Lipinski definition) is 14. The Bertz CT molecular complexity index is 3530. The first-order valence-corrected chi connectivity index (χ1v) is 25.9. The van der Waals surface area contributed by atoms with Crippen molar-refractivity contribution in [2.75, 3.05) is 30.0 Å². The van der Waals surface area contributed by atoms with Gasteiger partial charge in [-0.3, -0.25) is 0 Å². The number of carbonyl (C=O) groups is 1. The first kappa shape index (κ1) is 57.3. The maximum absolute atomic E-state index is 14.4. The monoisotopic (exact) mass is 1060 g/mol. The number of imidazole rings is 2. The third-order valence-corrected chi connectivity index (χ3v) is 13.4. The molecule has 20 nitrogen and oxygen atoms in total. The van der Waals surface area contributed by atoms with Gasteiger partial charge in [-0.1, -0.05) is 27.7 Å². The van der Waals surface area contributed by atoms with Crippen molar-refractivity contribution in [3.8, 4) is 34.4 Å². The van der Waals surface area contributed by atoms with Crippen molar-refractivity contribution < 1.29 is 40.1 Å². The van der Waals surface area contributed by atoms with Crippen LogP contribution in [0.15, 0.2) is 125 Å². The van der Waals surface area contributed by atoms with Gasteiger partial charge in [0, 0.05) is 90.0 Å². The van der Waals surface area contributed by atoms with Gasteiger partial charge in [0.15, 0.2) is 5.03 Å². The highest BCUT2D eigenvalue weighted by Gasteiger charge is 2.26. The van der Waals surface area contributed by atoms with E-state index in [9.17, 15) is 35.5 Å². The Kier molecular flexibility index (Phi) is 18.6. The summed E-state index contributed by atoms with van der Waals surface area (Å²) >= 11 is 0. The predicted molar refractivity (Wildman–Crippen MR) is 277 cm³/mol. The number of amides is 2. The summed E-state index contributed by atoms with van der Waals surface area (Å²) in [4.78, 5) is 30.0. The van der Waals surface area contributed by atoms with Gasteiger partial charge in [-0.05, 0) is 110 Å². The summed E-state index contributed by atoms with van der Waals surface area (Å²) in [5.74, 6) is -0.942. The second kappa shape index (κ2) is 24.4. The number of nitrogens with two attached hydrogens (primary N) is 1. The highest BCUT2D eigenvalue weighted by atomic mass is 32.2. The van der Waals surface area contributed by atoms with Gasteiger partial charge < -0.3 is 30.2 Å². The molecule has 7 rings (SSSR count). The molecule has 0 fully saturated rings. The van der Waals surface area contributed by atoms with Crippen LogP contribution < -0.4 is 30.3 Å². The quantitative estimate of drug-likeness (QED) is 0.0465. The molecule has 0 atom stereocenters. The number of aromatic nitrogens is 7. The number of pyridine rings is 3. The zero-order valence-electron chi connectivity index (χ0n) is 42.7. The largest absolute Gasteiger partial charge is 0.806 e. The van der Waals surface area contributed by atoms with E-state index in [4.69, 9.17) is 16.3 Å². The van der Waals surface area contributed by atoms with Crippen LogP contribution >= 0.6 is 0 Å². The first-order valence-electron chi connectivity index (χ1n) is 23.0. The summed E-state index contributed by atoms with van der Waals surface area (Å²) < 4.78 is 87.2. The molecule has 0 unspecified atom stereocenters. The van der Waals surface area contributed by atoms with Crippen LogP contribution in [0.4, 0.5) is 30.6 Å². The number of carbonyl (C=O) groups excluding carboxylic acids is 1. The number of hydrogen-bond donors (Lipinski definition) is 3. The number of benzene rings is 2. The third-order valence-electron chi connectivity index (χ3n) is 11.0. The maximum atomic E-state index is 14.4. The van der Waals surface area contributed by atoms with E-state index in [1.54, 1.807) is 39.5 Å². The van der Waals surface area contributed by atoms with Crippen molar-refractivity contribution in [1.82, 2.24) is 33.8 Å². The van der Waals surface area contributed by atoms with E-state index >= 15 is 0 Å². The normalized spacial score (nSPS) is 11.6. The van der Waals surface area contributed by atoms with Crippen molar-refractivity contribution in [3.63, 3.8) is 0 Å². The Morgan fingerprint density at radius 1 is 0.733 bits per heavy atom. The van der Waals surface area contributed by atoms with Crippen LogP contribution in [0.5, 0.6) is 0 Å². The second-order valence-electron chi connectivity index (χ2n) is 18.0. The van der Waals surface area contributed by atoms with Crippen LogP contribution in [-0.4, -0.2) is 72.1 Å². The van der Waals surface area contributed by atoms with E-state index in [1.807, 2.05) is 91.2 Å². The minimum absolute atomic E-state index is 0.00989. The summed E-state index contributed by atoms with van der Waals surface area (Å²) in [6, 6.07) is 17.1. The van der Waals surface area contributed by atoms with Crippen molar-refractivity contribution in [2.45, 2.75) is 89.4 Å². The summed E-state index contributed by atoms with van der Waals surface area (Å²) in [7, 11) is -4.65. The molecule has 2 aromatic carbocycles. The zero-order chi connectivity index (χ0) is 55.5. The van der Waals surface area contributed by atoms with E-state index in [0.29, 0.717) is 27.9 Å². The van der Waals surface area contributed by atoms with Crippen molar-refractivity contribution >= 4 is 49.2 Å². The SMILES string of the molecule is CC(C)c1cc(F)cc(-c2ccnc(C#N)c2)c1N.CC(C)c1cc(F)cc(-c2ccnc(C#N)c2)c1NC(=O)NS(=O)(=O)c1cn(C(C)C)cn1.CC(C)n1cnc(S(=O)(=O)N=C([O-])[n+]2ccc(N(C)C)cc2)c1. The van der Waals surface area contributed by atoms with Crippen molar-refractivity contribution in [2.24, 2.45) is 4.40 Å². The molecule has 0 aliphatic rings. The van der Waals surface area contributed by atoms with E-state index in [-0.39, 0.29) is 62.4 Å². The van der Waals surface area contributed by atoms with Gasteiger partial charge in [-0.25, -0.2) is 42.8 Å². The average Bonchev–Trinajstić information content (AvgIpc) is 4.09. The van der Waals surface area contributed by atoms with Crippen LogP contribution in [-0.2, 0) is 20.0 Å². The standard InChI is InChI=1S/C22H23FN6O3S.C15H14FN3.C14H19N5O3S/c1-13(2)18-8-16(23)9-19(15-5-6-25-17(7-15)10-24)21(18)27-22(30)28-33(31,32)20-11-29(12-26-20)14(3)4;1-9(2)13-6-11(16)7-14(15(13)18)10-3-4-19-12(5-10)8-17;1-11(2)19-9-13(15-10-19)23(21,22)16-14(20)18-7-5-12(6-8-18)17(3)4/h5-9,11-14H,1-4H3,(H2,27,28,30);3-7,9H,18H2,1-2H3;5-11H,1-4H3. The Balaban J connectivity index is 0.000000218. The smallest absolute Gasteiger partial charge is 0.387 e. The molecule has 392 valence electrons. The minimum Gasteiger partial charge on any atom is -0.806 e. The molecule has 5 aromatic heterocycles. The number of halogens is 2. The Morgan fingerprint density at radius 2 is 1.21 bits per heavy atom. The number of anilines is 3. The van der Waals surface area contributed by atoms with E-state index in [1.165, 1.54) is 80.2 Å². The van der Waals surface area contributed by atoms with E-state index in [2.05, 4.69) is 29.7 Å². The lowest BCUT2D eigenvalue weighted by atomic mass is 9.94. The molecule has 0 aliphatic carbocycles. The molecule has 5 heterocycles. The minimum atomic E-state index is -4.24. The van der Waals surface area contributed by atoms with Gasteiger partial charge in [0.05, 0.1) is 30.7 Å². The fraction of sp³-hybridized carbons (Fsp3) is 0.275. The molecular weight excluding hydrogens is 1010 g/mol. The number of nitrogens with zero attached hydrogens (tertiary/aromatic N) is 11. The van der Waals surface area contributed by atoms with Gasteiger partial charge >= 0.3 is 16.1 Å². The highest BCUT2D eigenvalue weighted by molar-refractivity contribution is 7.90. The third kappa shape index (κ3) is 14.8. The number of rotatable bonds is 12. The summed E-state index contributed by atoms with van der Waals surface area (Å²) in [6.07, 6.45) is 11.3. The molecule has 0 radical (unpaired) electrons. The summed E-state index contributed by atoms with van der Waals surface area (Å²) in [5.41, 5.74) is 11.4. The van der Waals surface area contributed by atoms with Crippen molar-refractivity contribution in [3.05, 3.63) is 145 Å². The Hall–Kier alpha value is -8.61. The maximum Gasteiger partial charge on any atom is 0.387 e. The first-order chi connectivity index (χ1) is 35.2. The molecule has 7 aromatic rings. The molecular formula is C51H56F2N14O6S2. The van der Waals surface area contributed by atoms with E-state index < -0.39 is 37.9 Å². The number of urea groups is 1. The van der Waals surface area contributed by atoms with Gasteiger partial charge in [0.1, 0.15) is 35.2 Å². The number of nitrogens with one attached hydrogen (secondary N) is 2. The Labute approximate surface area is 434 Å². The molecule has 75 heavy (non-hydrogen) atoms. The predicted octanol–water partition coefficient (Wildman–Crippen LogP) is 7.41. The topological polar surface area (TPSA) is 287 Å². The molecule has 0 saturated heterocycles. The van der Waals surface area contributed by atoms with Crippen LogP contribution in [0.2, 0.25) is 0 Å². The van der Waals surface area contributed by atoms with Crippen LogP contribution in [0.25, 0.3) is 22.3 Å². The van der Waals surface area contributed by atoms with Gasteiger partial charge in [0.25, 0.3) is 16.0 Å². The molecule has 0 aliphatic heterocycles. The van der Waals surface area contributed by atoms with Crippen LogP contribution in [0, 0.1) is 34.3 Å². The number of nitrogen functional groups attached to an aromatic ring is 1. The molecule has 24 heteroatoms. The fourth-order valence-corrected chi connectivity index (χ4v) is 8.63. The molecule has 2 amide bonds. The Morgan fingerprint density at radius 3 is 1.69 bits per heavy atom. The zero-order valence-corrected chi connectivity index (χ0v) is 44.4. The van der Waals surface area contributed by atoms with Crippen LogP contribution in [0.1, 0.15) is 102 Å². The molecule has 0 bridgehead atoms. The molecule has 4 N–H and O–H groups in total. The van der Waals surface area contributed by atoms with E-state index in [0.717, 1.165) is 15.8 Å². The lowest BCUT2D eigenvalue weighted by Crippen LogP contribution is -2.50. The van der Waals surface area contributed by atoms with Gasteiger partial charge in [-0.15, -0.1) is 0 Å². The van der Waals surface area contributed by atoms with Gasteiger partial charge in [0.2, 0.25) is 5.03 Å². The lowest BCUT2D eigenvalue weighted by Gasteiger charge is -2.19. The number of nitriles is 2. The highest BCUT2D eigenvalue weighted by Crippen LogP contribution is 2.37. The second-order valence-corrected chi connectivity index (χ2v) is 21.2. The lowest BCUT2D eigenvalue weighted by molar-refractivity contribution is -0.613. The summed E-state index contributed by atoms with van der Waals surface area (Å²) in [6.45, 7) is 15.0.